The molecule has 0 N–H and O–H groups in total. The van der Waals surface area contributed by atoms with Gasteiger partial charge in [0.05, 0.1) is 0 Å². The lowest BCUT2D eigenvalue weighted by Crippen LogP contribution is -2.44. The van der Waals surface area contributed by atoms with Gasteiger partial charge in [0.2, 0.25) is 0 Å². The summed E-state index contributed by atoms with van der Waals surface area (Å²) >= 11 is 0. The van der Waals surface area contributed by atoms with Gasteiger partial charge in [0.15, 0.2) is 13.4 Å². The molecule has 1 heterocycles. The van der Waals surface area contributed by atoms with E-state index in [4.69, 9.17) is 4.74 Å². The Labute approximate surface area is 283 Å². The van der Waals surface area contributed by atoms with Gasteiger partial charge in [-0.2, -0.15) is 0 Å². The van der Waals surface area contributed by atoms with Crippen LogP contribution in [-0.4, -0.2) is 13.4 Å². The van der Waals surface area contributed by atoms with Gasteiger partial charge >= 0.3 is 0 Å². The number of fused-ring (bicyclic) bond motifs is 10. The molecule has 12 atom stereocenters. The standard InChI is InChI=1S/C44H52B2O/c1-2-36-37(46(40-22-27-6-10-31(40)18-27)41-23-28-7-11-32(41)19-28)15-14-35-34-13-12-33(24-43(34)47-42(3-1)44(35)36)45(38-20-25-4-8-29(38)16-25)39-21-26-5-9-30(39)17-26/h1-3,12-15,24-32,38-41H,4-11,16-23H2. The molecule has 1 aliphatic heterocycles. The van der Waals surface area contributed by atoms with Gasteiger partial charge < -0.3 is 4.74 Å². The lowest BCUT2D eigenvalue weighted by Gasteiger charge is -2.38. The summed E-state index contributed by atoms with van der Waals surface area (Å²) < 4.78 is 7.07. The van der Waals surface area contributed by atoms with E-state index >= 15 is 0 Å². The quantitative estimate of drug-likeness (QED) is 0.195. The molecule has 0 aromatic heterocycles. The summed E-state index contributed by atoms with van der Waals surface area (Å²) in [6, 6.07) is 19.9. The minimum atomic E-state index is 0.748. The van der Waals surface area contributed by atoms with E-state index in [1.165, 1.54) is 125 Å². The van der Waals surface area contributed by atoms with E-state index in [-0.39, 0.29) is 0 Å². The molecule has 1 nitrogen and oxygen atoms in total. The van der Waals surface area contributed by atoms with Gasteiger partial charge in [-0.3, -0.25) is 0 Å². The monoisotopic (exact) mass is 618 g/mol. The van der Waals surface area contributed by atoms with Crippen LogP contribution in [0.3, 0.4) is 0 Å². The number of rotatable bonds is 6. The van der Waals surface area contributed by atoms with Gasteiger partial charge in [-0.15, -0.1) is 0 Å². The Hall–Kier alpha value is -2.15. The van der Waals surface area contributed by atoms with Crippen molar-refractivity contribution in [1.29, 1.82) is 0 Å². The second-order valence-corrected chi connectivity index (χ2v) is 19.1. The van der Waals surface area contributed by atoms with Crippen LogP contribution in [0.1, 0.15) is 103 Å². The molecule has 0 saturated heterocycles. The lowest BCUT2D eigenvalue weighted by molar-refractivity contribution is 0.441. The molecule has 0 radical (unpaired) electrons. The zero-order valence-electron chi connectivity index (χ0n) is 28.4. The van der Waals surface area contributed by atoms with E-state index in [1.54, 1.807) is 10.9 Å². The van der Waals surface area contributed by atoms with Crippen molar-refractivity contribution in [3.63, 3.8) is 0 Å². The first-order chi connectivity index (χ1) is 23.2. The zero-order chi connectivity index (χ0) is 30.4. The first kappa shape index (κ1) is 27.6. The molecular weight excluding hydrogens is 566 g/mol. The Morgan fingerprint density at radius 2 is 1.00 bits per heavy atom. The van der Waals surface area contributed by atoms with Crippen LogP contribution in [-0.2, 0) is 0 Å². The molecule has 8 bridgehead atoms. The molecule has 8 fully saturated rings. The third-order valence-electron chi connectivity index (χ3n) is 17.3. The molecule has 3 aromatic rings. The molecule has 0 amide bonds. The summed E-state index contributed by atoms with van der Waals surface area (Å²) in [5.41, 5.74) is 6.10. The first-order valence-electron chi connectivity index (χ1n) is 20.6. The molecule has 240 valence electrons. The first-order valence-corrected chi connectivity index (χ1v) is 20.6. The predicted octanol–water partition coefficient (Wildman–Crippen LogP) is 10.8. The van der Waals surface area contributed by atoms with Crippen LogP contribution in [0.15, 0.2) is 48.5 Å². The van der Waals surface area contributed by atoms with E-state index < -0.39 is 0 Å². The highest BCUT2D eigenvalue weighted by molar-refractivity contribution is 6.78. The Kier molecular flexibility index (Phi) is 6.00. The average molecular weight is 619 g/mol. The summed E-state index contributed by atoms with van der Waals surface area (Å²) in [7, 11) is 0. The van der Waals surface area contributed by atoms with Crippen LogP contribution in [0, 0.1) is 47.3 Å². The molecule has 0 spiro atoms. The molecule has 47 heavy (non-hydrogen) atoms. The predicted molar refractivity (Wildman–Crippen MR) is 197 cm³/mol. The highest BCUT2D eigenvalue weighted by Crippen LogP contribution is 2.62. The largest absolute Gasteiger partial charge is 0.456 e. The Balaban J connectivity index is 0.951. The lowest BCUT2D eigenvalue weighted by atomic mass is 9.26. The van der Waals surface area contributed by atoms with Crippen LogP contribution in [0.2, 0.25) is 23.3 Å². The van der Waals surface area contributed by atoms with Crippen LogP contribution < -0.4 is 15.7 Å². The van der Waals surface area contributed by atoms with Crippen LogP contribution >= 0.6 is 0 Å². The van der Waals surface area contributed by atoms with E-state index in [9.17, 15) is 0 Å². The maximum Gasteiger partial charge on any atom is 0.183 e. The van der Waals surface area contributed by atoms with Crippen LogP contribution in [0.5, 0.6) is 11.5 Å². The van der Waals surface area contributed by atoms with Crippen molar-refractivity contribution in [2.45, 2.75) is 126 Å². The average Bonchev–Trinajstić information content (AvgIpc) is 3.97. The zero-order valence-corrected chi connectivity index (χ0v) is 28.4. The molecule has 12 rings (SSSR count). The van der Waals surface area contributed by atoms with Gasteiger partial charge in [-0.25, -0.2) is 0 Å². The molecular formula is C44H52B2O. The van der Waals surface area contributed by atoms with Crippen LogP contribution in [0.25, 0.3) is 21.9 Å². The Morgan fingerprint density at radius 3 is 1.51 bits per heavy atom. The molecule has 9 aliphatic rings. The fourth-order valence-electron chi connectivity index (χ4n) is 15.7. The molecule has 8 saturated carbocycles. The van der Waals surface area contributed by atoms with Gasteiger partial charge in [0.25, 0.3) is 0 Å². The Morgan fingerprint density at radius 1 is 0.468 bits per heavy atom. The Bertz CT molecular complexity index is 1710. The topological polar surface area (TPSA) is 9.23 Å². The summed E-state index contributed by atoms with van der Waals surface area (Å²) in [5.74, 6) is 13.9. The van der Waals surface area contributed by atoms with E-state index in [0.29, 0.717) is 0 Å². The van der Waals surface area contributed by atoms with E-state index in [1.807, 2.05) is 0 Å². The third kappa shape index (κ3) is 4.04. The van der Waals surface area contributed by atoms with Gasteiger partial charge in [-0.05, 0) is 96.1 Å². The fourth-order valence-corrected chi connectivity index (χ4v) is 15.7. The normalized spacial score (nSPS) is 41.3. The minimum Gasteiger partial charge on any atom is -0.456 e. The van der Waals surface area contributed by atoms with Crippen LogP contribution in [0.4, 0.5) is 0 Å². The minimum absolute atomic E-state index is 0.748. The van der Waals surface area contributed by atoms with Crippen molar-refractivity contribution in [3.8, 4) is 22.6 Å². The summed E-state index contributed by atoms with van der Waals surface area (Å²) in [4.78, 5) is 0. The van der Waals surface area contributed by atoms with Crippen molar-refractivity contribution in [3.05, 3.63) is 48.5 Å². The van der Waals surface area contributed by atoms with Crippen molar-refractivity contribution < 1.29 is 4.74 Å². The van der Waals surface area contributed by atoms with Crippen molar-refractivity contribution >= 4 is 35.1 Å². The smallest absolute Gasteiger partial charge is 0.183 e. The number of hydrogen-bond acceptors (Lipinski definition) is 1. The van der Waals surface area contributed by atoms with Gasteiger partial charge in [-0.1, -0.05) is 148 Å². The highest BCUT2D eigenvalue weighted by Gasteiger charge is 2.54. The molecule has 8 aliphatic carbocycles. The summed E-state index contributed by atoms with van der Waals surface area (Å²) in [6.45, 7) is 1.50. The van der Waals surface area contributed by atoms with E-state index in [0.717, 1.165) is 95.5 Å². The van der Waals surface area contributed by atoms with Crippen molar-refractivity contribution in [1.82, 2.24) is 0 Å². The number of benzene rings is 3. The van der Waals surface area contributed by atoms with Crippen molar-refractivity contribution in [2.24, 2.45) is 47.3 Å². The summed E-state index contributed by atoms with van der Waals surface area (Å²) in [6.07, 6.45) is 24.1. The second-order valence-electron chi connectivity index (χ2n) is 19.1. The summed E-state index contributed by atoms with van der Waals surface area (Å²) in [5, 5.41) is 2.94. The second kappa shape index (κ2) is 10.2. The number of ether oxygens (including phenoxy) is 1. The van der Waals surface area contributed by atoms with Gasteiger partial charge in [0.1, 0.15) is 11.5 Å². The van der Waals surface area contributed by atoms with E-state index in [2.05, 4.69) is 48.5 Å². The van der Waals surface area contributed by atoms with Gasteiger partial charge in [0, 0.05) is 10.9 Å². The SMILES string of the molecule is c1cc2c3c(ccc(B(C4CC5CCC4C5)C4CC5CCC4C5)c3c1)-c1ccc(B(C3CC4CCC3C4)C3CC4CCC3C4)cc1O2. The maximum absolute atomic E-state index is 7.07. The number of hydrogen-bond donors (Lipinski definition) is 0. The maximum atomic E-state index is 7.07. The molecule has 12 unspecified atom stereocenters. The third-order valence-corrected chi connectivity index (χ3v) is 17.3. The molecule has 3 heteroatoms. The highest BCUT2D eigenvalue weighted by atomic mass is 16.5. The molecule has 3 aromatic carbocycles. The fraction of sp³-hybridized carbons (Fsp3) is 0.636. The van der Waals surface area contributed by atoms with Crippen molar-refractivity contribution in [2.75, 3.05) is 0 Å².